The van der Waals surface area contributed by atoms with E-state index in [-0.39, 0.29) is 30.5 Å². The Morgan fingerprint density at radius 3 is 2.83 bits per heavy atom. The quantitative estimate of drug-likeness (QED) is 0.287. The van der Waals surface area contributed by atoms with Crippen LogP contribution < -0.4 is 11.2 Å². The highest BCUT2D eigenvalue weighted by Gasteiger charge is 2.37. The molecule has 46 heavy (non-hydrogen) atoms. The molecule has 0 aliphatic carbocycles. The zero-order valence-electron chi connectivity index (χ0n) is 27.5. The number of nitrogens with one attached hydrogen (secondary N) is 1. The van der Waals surface area contributed by atoms with Crippen LogP contribution >= 0.6 is 11.3 Å². The Morgan fingerprint density at radius 2 is 2.07 bits per heavy atom. The summed E-state index contributed by atoms with van der Waals surface area (Å²) >= 11 is 1.51. The fourth-order valence-corrected chi connectivity index (χ4v) is 7.53. The van der Waals surface area contributed by atoms with E-state index in [0.717, 1.165) is 56.2 Å². The van der Waals surface area contributed by atoms with Crippen molar-refractivity contribution in [1.29, 1.82) is 0 Å². The summed E-state index contributed by atoms with van der Waals surface area (Å²) in [6.07, 6.45) is 3.24. The van der Waals surface area contributed by atoms with Gasteiger partial charge in [-0.2, -0.15) is 0 Å². The van der Waals surface area contributed by atoms with Crippen LogP contribution in [-0.2, 0) is 38.4 Å². The second-order valence-corrected chi connectivity index (χ2v) is 14.3. The van der Waals surface area contributed by atoms with Crippen molar-refractivity contribution in [3.63, 3.8) is 0 Å². The van der Waals surface area contributed by atoms with Crippen molar-refractivity contribution in [3.8, 4) is 22.5 Å². The predicted octanol–water partition coefficient (Wildman–Crippen LogP) is 5.29. The lowest BCUT2D eigenvalue weighted by Gasteiger charge is -2.38. The van der Waals surface area contributed by atoms with Gasteiger partial charge in [0.25, 0.3) is 5.91 Å². The van der Waals surface area contributed by atoms with E-state index in [2.05, 4.69) is 55.0 Å². The van der Waals surface area contributed by atoms with Gasteiger partial charge in [0, 0.05) is 65.6 Å². The van der Waals surface area contributed by atoms with Gasteiger partial charge in [-0.05, 0) is 62.4 Å². The molecule has 11 heteroatoms. The molecule has 0 unspecified atom stereocenters. The molecule has 4 atom stereocenters. The number of esters is 1. The van der Waals surface area contributed by atoms with Crippen molar-refractivity contribution in [1.82, 2.24) is 25.0 Å². The van der Waals surface area contributed by atoms with Crippen LogP contribution in [0.2, 0.25) is 0 Å². The number of carbonyl (C=O) groups excluding carboxylic acids is 2. The van der Waals surface area contributed by atoms with Crippen molar-refractivity contribution in [3.05, 3.63) is 58.2 Å². The summed E-state index contributed by atoms with van der Waals surface area (Å²) in [6, 6.07) is 9.16. The third-order valence-electron chi connectivity index (χ3n) is 9.33. The second kappa shape index (κ2) is 12.9. The minimum atomic E-state index is -0.784. The molecule has 1 saturated heterocycles. The number of methoxy groups -OCH3 is 1. The number of benzene rings is 1. The third kappa shape index (κ3) is 6.09. The lowest BCUT2D eigenvalue weighted by Crippen LogP contribution is -2.61. The number of aryl methyl sites for hydroxylation is 1. The number of ether oxygens (including phenoxy) is 2. The van der Waals surface area contributed by atoms with Crippen molar-refractivity contribution < 1.29 is 19.1 Å². The van der Waals surface area contributed by atoms with E-state index in [4.69, 9.17) is 25.2 Å². The maximum Gasteiger partial charge on any atom is 0.325 e. The summed E-state index contributed by atoms with van der Waals surface area (Å²) in [7, 11) is 1.70. The molecule has 244 valence electrons. The Hall–Kier alpha value is -3.64. The van der Waals surface area contributed by atoms with Gasteiger partial charge in [0.2, 0.25) is 0 Å². The maximum atomic E-state index is 13.5. The largest absolute Gasteiger partial charge is 0.464 e. The van der Waals surface area contributed by atoms with E-state index in [0.29, 0.717) is 25.8 Å². The minimum Gasteiger partial charge on any atom is -0.464 e. The highest BCUT2D eigenvalue weighted by Crippen LogP contribution is 2.42. The summed E-state index contributed by atoms with van der Waals surface area (Å²) in [5, 5.41) is 5.44. The van der Waals surface area contributed by atoms with Gasteiger partial charge in [0.15, 0.2) is 0 Å². The molecule has 10 nitrogen and oxygen atoms in total. The zero-order valence-corrected chi connectivity index (χ0v) is 28.3. The summed E-state index contributed by atoms with van der Waals surface area (Å²) in [4.78, 5) is 36.5. The molecule has 0 saturated carbocycles. The molecule has 3 aromatic heterocycles. The first-order valence-corrected chi connectivity index (χ1v) is 17.0. The molecule has 4 aromatic rings. The van der Waals surface area contributed by atoms with Gasteiger partial charge >= 0.3 is 5.97 Å². The normalized spacial score (nSPS) is 22.8. The number of carbonyl (C=O) groups is 2. The smallest absolute Gasteiger partial charge is 0.325 e. The van der Waals surface area contributed by atoms with Crippen LogP contribution in [0.1, 0.15) is 63.4 Å². The molecule has 2 aliphatic rings. The minimum absolute atomic E-state index is 0.00216. The van der Waals surface area contributed by atoms with E-state index < -0.39 is 17.5 Å². The van der Waals surface area contributed by atoms with Crippen LogP contribution in [-0.4, -0.2) is 63.8 Å². The van der Waals surface area contributed by atoms with Crippen LogP contribution in [0, 0.1) is 11.3 Å². The average molecular weight is 645 g/mol. The van der Waals surface area contributed by atoms with Gasteiger partial charge in [0.1, 0.15) is 6.04 Å². The van der Waals surface area contributed by atoms with Gasteiger partial charge in [-0.25, -0.2) is 10.4 Å². The number of hydrazine groups is 1. The monoisotopic (exact) mass is 644 g/mol. The Bertz CT molecular complexity index is 1760. The molecule has 6 bridgehead atoms. The fourth-order valence-electron chi connectivity index (χ4n) is 6.67. The van der Waals surface area contributed by atoms with Crippen LogP contribution in [0.25, 0.3) is 33.4 Å². The number of rotatable bonds is 4. The zero-order chi connectivity index (χ0) is 32.7. The fraction of sp³-hybridized carbons (Fsp3) is 0.486. The standard InChI is InChI=1S/C35H44N6O4S/c1-7-40-28-11-10-22-15-24(28)25(32(40)23-9-8-13-37-31(23)21(3)44-6)17-35(4,5)19-45-34(43)30-20(2)12-14-41(39-30)33(42)26(36)16-29-38-27(22)18-46-29/h8-11,13,15,18,20-21,26,30,39H,7,12,14,16-17,19,36H2,1-6H3/t20-,21-,26-,30-/m0/s1. The van der Waals surface area contributed by atoms with Gasteiger partial charge in [0.05, 0.1) is 40.8 Å². The van der Waals surface area contributed by atoms with Gasteiger partial charge in [-0.1, -0.05) is 26.8 Å². The number of thiazole rings is 1. The molecule has 3 N–H and O–H groups in total. The number of hydrogen-bond donors (Lipinski definition) is 2. The summed E-state index contributed by atoms with van der Waals surface area (Å²) in [5.41, 5.74) is 16.3. The Balaban J connectivity index is 1.53. The molecule has 0 radical (unpaired) electrons. The first-order chi connectivity index (χ1) is 22.0. The van der Waals surface area contributed by atoms with E-state index in [9.17, 15) is 9.59 Å². The molecular weight excluding hydrogens is 600 g/mol. The third-order valence-corrected chi connectivity index (χ3v) is 10.2. The molecule has 5 heterocycles. The molecule has 0 spiro atoms. The van der Waals surface area contributed by atoms with Crippen LogP contribution in [0.5, 0.6) is 0 Å². The SMILES string of the molecule is CCn1c(-c2cccnc2[C@H](C)OC)c2c3cc(ccc31)-c1csc(n1)C[C@H](N)C(=O)N1CC[C@H](C)[C@H](N1)C(=O)OCC(C)(C)C2. The number of cyclic esters (lactones) is 1. The molecule has 1 amide bonds. The van der Waals surface area contributed by atoms with Gasteiger partial charge < -0.3 is 19.8 Å². The van der Waals surface area contributed by atoms with E-state index in [1.165, 1.54) is 16.3 Å². The summed E-state index contributed by atoms with van der Waals surface area (Å²) < 4.78 is 14.1. The topological polar surface area (TPSA) is 125 Å². The first-order valence-electron chi connectivity index (χ1n) is 16.1. The van der Waals surface area contributed by atoms with Crippen LogP contribution in [0.15, 0.2) is 41.9 Å². The Labute approximate surface area is 274 Å². The predicted molar refractivity (Wildman–Crippen MR) is 180 cm³/mol. The second-order valence-electron chi connectivity index (χ2n) is 13.4. The van der Waals surface area contributed by atoms with Crippen molar-refractivity contribution >= 4 is 34.1 Å². The lowest BCUT2D eigenvalue weighted by atomic mass is 9.84. The molecule has 1 fully saturated rings. The number of aromatic nitrogens is 3. The number of fused-ring (bicyclic) bond motifs is 6. The van der Waals surface area contributed by atoms with Crippen molar-refractivity contribution in [2.24, 2.45) is 17.1 Å². The molecule has 2 aliphatic heterocycles. The number of hydrogen-bond acceptors (Lipinski definition) is 9. The molecule has 6 rings (SSSR count). The number of amides is 1. The van der Waals surface area contributed by atoms with Crippen molar-refractivity contribution in [2.45, 2.75) is 78.6 Å². The highest BCUT2D eigenvalue weighted by atomic mass is 32.1. The van der Waals surface area contributed by atoms with Crippen LogP contribution in [0.4, 0.5) is 0 Å². The van der Waals surface area contributed by atoms with E-state index in [1.807, 2.05) is 31.5 Å². The number of pyridine rings is 1. The van der Waals surface area contributed by atoms with E-state index >= 15 is 0 Å². The molecular formula is C35H44N6O4S. The Morgan fingerprint density at radius 1 is 1.26 bits per heavy atom. The first kappa shape index (κ1) is 32.3. The highest BCUT2D eigenvalue weighted by molar-refractivity contribution is 7.10. The maximum absolute atomic E-state index is 13.5. The van der Waals surface area contributed by atoms with Gasteiger partial charge in [-0.3, -0.25) is 19.6 Å². The van der Waals surface area contributed by atoms with Crippen molar-refractivity contribution in [2.75, 3.05) is 20.3 Å². The Kier molecular flexibility index (Phi) is 9.04. The number of nitrogens with zero attached hydrogens (tertiary/aromatic N) is 4. The number of nitrogens with two attached hydrogens (primary N) is 1. The van der Waals surface area contributed by atoms with Crippen LogP contribution in [0.3, 0.4) is 0 Å². The summed E-state index contributed by atoms with van der Waals surface area (Å²) in [6.45, 7) is 11.9. The van der Waals surface area contributed by atoms with Gasteiger partial charge in [-0.15, -0.1) is 11.3 Å². The molecule has 1 aromatic carbocycles. The summed E-state index contributed by atoms with van der Waals surface area (Å²) in [5.74, 6) is -0.610. The van der Waals surface area contributed by atoms with E-state index in [1.54, 1.807) is 7.11 Å². The lowest BCUT2D eigenvalue weighted by molar-refractivity contribution is -0.157. The average Bonchev–Trinajstić information content (AvgIpc) is 3.64.